The number of hydrogen-bond acceptors (Lipinski definition) is 4. The van der Waals surface area contributed by atoms with E-state index in [1.165, 1.54) is 0 Å². The van der Waals surface area contributed by atoms with Gasteiger partial charge in [0.05, 0.1) is 19.1 Å². The number of hydrogen-bond donors (Lipinski definition) is 1. The first-order chi connectivity index (χ1) is 9.31. The van der Waals surface area contributed by atoms with Crippen LogP contribution in [0.4, 0.5) is 0 Å². The largest absolute Gasteiger partial charge is 0.496 e. The van der Waals surface area contributed by atoms with Crippen LogP contribution in [-0.4, -0.2) is 19.7 Å². The van der Waals surface area contributed by atoms with Gasteiger partial charge < -0.3 is 15.2 Å². The van der Waals surface area contributed by atoms with Crippen LogP contribution in [0, 0.1) is 12.3 Å². The van der Waals surface area contributed by atoms with Gasteiger partial charge >= 0.3 is 5.97 Å². The Bertz CT molecular complexity index is 469. The fraction of sp³-hybridized carbons (Fsp3) is 0.562. The second kappa shape index (κ2) is 6.75. The van der Waals surface area contributed by atoms with E-state index in [1.54, 1.807) is 14.0 Å². The first kappa shape index (κ1) is 16.5. The van der Waals surface area contributed by atoms with Crippen LogP contribution in [0.25, 0.3) is 0 Å². The van der Waals surface area contributed by atoms with Gasteiger partial charge in [-0.3, -0.25) is 4.79 Å². The van der Waals surface area contributed by atoms with Crippen LogP contribution in [0.3, 0.4) is 0 Å². The minimum absolute atomic E-state index is 0.208. The number of methoxy groups -OCH3 is 1. The molecule has 0 bridgehead atoms. The lowest BCUT2D eigenvalue weighted by atomic mass is 9.83. The zero-order chi connectivity index (χ0) is 15.3. The average Bonchev–Trinajstić information content (AvgIpc) is 2.38. The van der Waals surface area contributed by atoms with Crippen LogP contribution in [0.1, 0.15) is 44.4 Å². The third-order valence-electron chi connectivity index (χ3n) is 3.41. The van der Waals surface area contributed by atoms with Gasteiger partial charge in [-0.2, -0.15) is 0 Å². The van der Waals surface area contributed by atoms with Gasteiger partial charge in [-0.25, -0.2) is 0 Å². The molecule has 0 saturated heterocycles. The molecule has 0 radical (unpaired) electrons. The number of nitrogens with two attached hydrogens (primary N) is 1. The zero-order valence-electron chi connectivity index (χ0n) is 13.0. The van der Waals surface area contributed by atoms with Crippen molar-refractivity contribution >= 4 is 5.97 Å². The summed E-state index contributed by atoms with van der Waals surface area (Å²) in [5.74, 6) is 0.631. The predicted molar refractivity (Wildman–Crippen MR) is 79.7 cm³/mol. The summed E-state index contributed by atoms with van der Waals surface area (Å²) < 4.78 is 10.3. The molecule has 1 rings (SSSR count). The summed E-state index contributed by atoms with van der Waals surface area (Å²) >= 11 is 0. The standard InChI is InChI=1S/C16H25NO3/c1-6-20-15(18)16(3,4)10-13(17)12-7-8-14(19-5)11(2)9-12/h7-9,13H,6,10,17H2,1-5H3. The molecule has 1 atom stereocenters. The molecule has 0 heterocycles. The van der Waals surface area contributed by atoms with Crippen LogP contribution in [0.15, 0.2) is 18.2 Å². The molecule has 112 valence electrons. The summed E-state index contributed by atoms with van der Waals surface area (Å²) in [6.45, 7) is 7.90. The Labute approximate surface area is 121 Å². The molecular weight excluding hydrogens is 254 g/mol. The number of esters is 1. The molecule has 0 spiro atoms. The third kappa shape index (κ3) is 3.97. The van der Waals surface area contributed by atoms with E-state index < -0.39 is 5.41 Å². The first-order valence-electron chi connectivity index (χ1n) is 6.89. The van der Waals surface area contributed by atoms with Crippen molar-refractivity contribution < 1.29 is 14.3 Å². The lowest BCUT2D eigenvalue weighted by molar-refractivity contribution is -0.154. The van der Waals surface area contributed by atoms with Crippen LogP contribution in [-0.2, 0) is 9.53 Å². The van der Waals surface area contributed by atoms with E-state index in [0.29, 0.717) is 13.0 Å². The molecule has 4 heteroatoms. The Hall–Kier alpha value is -1.55. The quantitative estimate of drug-likeness (QED) is 0.813. The highest BCUT2D eigenvalue weighted by Gasteiger charge is 2.31. The maximum Gasteiger partial charge on any atom is 0.311 e. The Balaban J connectivity index is 2.82. The molecule has 0 amide bonds. The van der Waals surface area contributed by atoms with Crippen LogP contribution < -0.4 is 10.5 Å². The number of benzene rings is 1. The molecule has 0 aliphatic heterocycles. The maximum absolute atomic E-state index is 11.9. The van der Waals surface area contributed by atoms with Crippen molar-refractivity contribution in [3.63, 3.8) is 0 Å². The smallest absolute Gasteiger partial charge is 0.311 e. The van der Waals surface area contributed by atoms with Gasteiger partial charge in [0.2, 0.25) is 0 Å². The highest BCUT2D eigenvalue weighted by molar-refractivity contribution is 5.76. The van der Waals surface area contributed by atoms with Gasteiger partial charge in [0, 0.05) is 6.04 Å². The van der Waals surface area contributed by atoms with Crippen molar-refractivity contribution in [1.82, 2.24) is 0 Å². The van der Waals surface area contributed by atoms with Gasteiger partial charge in [-0.1, -0.05) is 12.1 Å². The summed E-state index contributed by atoms with van der Waals surface area (Å²) in [4.78, 5) is 11.9. The summed E-state index contributed by atoms with van der Waals surface area (Å²) in [6, 6.07) is 5.64. The highest BCUT2D eigenvalue weighted by atomic mass is 16.5. The zero-order valence-corrected chi connectivity index (χ0v) is 13.0. The van der Waals surface area contributed by atoms with Gasteiger partial charge in [0.25, 0.3) is 0 Å². The summed E-state index contributed by atoms with van der Waals surface area (Å²) in [6.07, 6.45) is 0.539. The topological polar surface area (TPSA) is 61.5 Å². The van der Waals surface area contributed by atoms with Crippen molar-refractivity contribution in [3.05, 3.63) is 29.3 Å². The molecule has 0 saturated carbocycles. The van der Waals surface area contributed by atoms with Crippen molar-refractivity contribution in [2.45, 2.75) is 40.2 Å². The van der Waals surface area contributed by atoms with E-state index in [-0.39, 0.29) is 12.0 Å². The summed E-state index contributed by atoms with van der Waals surface area (Å²) in [5.41, 5.74) is 7.67. The SMILES string of the molecule is CCOC(=O)C(C)(C)CC(N)c1ccc(OC)c(C)c1. The lowest BCUT2D eigenvalue weighted by Gasteiger charge is -2.26. The molecule has 0 fully saturated rings. The fourth-order valence-corrected chi connectivity index (χ4v) is 2.21. The van der Waals surface area contributed by atoms with E-state index in [2.05, 4.69) is 0 Å². The monoisotopic (exact) mass is 279 g/mol. The van der Waals surface area contributed by atoms with Crippen LogP contribution in [0.5, 0.6) is 5.75 Å². The number of carbonyl (C=O) groups excluding carboxylic acids is 1. The van der Waals surface area contributed by atoms with Crippen molar-refractivity contribution in [1.29, 1.82) is 0 Å². The minimum atomic E-state index is -0.594. The Kier molecular flexibility index (Phi) is 5.57. The Morgan fingerprint density at radius 2 is 2.05 bits per heavy atom. The van der Waals surface area contributed by atoms with E-state index in [4.69, 9.17) is 15.2 Å². The van der Waals surface area contributed by atoms with Crippen LogP contribution in [0.2, 0.25) is 0 Å². The highest BCUT2D eigenvalue weighted by Crippen LogP contribution is 2.31. The number of ether oxygens (including phenoxy) is 2. The second-order valence-electron chi connectivity index (χ2n) is 5.64. The second-order valence-corrected chi connectivity index (χ2v) is 5.64. The third-order valence-corrected chi connectivity index (χ3v) is 3.41. The number of rotatable bonds is 6. The first-order valence-corrected chi connectivity index (χ1v) is 6.89. The summed E-state index contributed by atoms with van der Waals surface area (Å²) in [5, 5.41) is 0. The maximum atomic E-state index is 11.9. The Morgan fingerprint density at radius 1 is 1.40 bits per heavy atom. The molecule has 4 nitrogen and oxygen atoms in total. The van der Waals surface area contributed by atoms with Crippen LogP contribution >= 0.6 is 0 Å². The normalized spacial score (nSPS) is 12.9. The van der Waals surface area contributed by atoms with Gasteiger partial charge in [0.15, 0.2) is 0 Å². The molecule has 0 aliphatic rings. The molecule has 0 aliphatic carbocycles. The van der Waals surface area contributed by atoms with E-state index in [9.17, 15) is 4.79 Å². The van der Waals surface area contributed by atoms with Gasteiger partial charge in [0.1, 0.15) is 5.75 Å². The van der Waals surface area contributed by atoms with E-state index >= 15 is 0 Å². The molecule has 0 aromatic heterocycles. The van der Waals surface area contributed by atoms with E-state index in [0.717, 1.165) is 16.9 Å². The summed E-state index contributed by atoms with van der Waals surface area (Å²) in [7, 11) is 1.64. The number of aryl methyl sites for hydroxylation is 1. The van der Waals surface area contributed by atoms with Gasteiger partial charge in [-0.15, -0.1) is 0 Å². The van der Waals surface area contributed by atoms with Crippen molar-refractivity contribution in [3.8, 4) is 5.75 Å². The predicted octanol–water partition coefficient (Wildman–Crippen LogP) is 2.98. The molecule has 20 heavy (non-hydrogen) atoms. The van der Waals surface area contributed by atoms with Crippen molar-refractivity contribution in [2.75, 3.05) is 13.7 Å². The Morgan fingerprint density at radius 3 is 2.55 bits per heavy atom. The number of carbonyl (C=O) groups is 1. The molecule has 1 aromatic carbocycles. The van der Waals surface area contributed by atoms with Crippen molar-refractivity contribution in [2.24, 2.45) is 11.1 Å². The molecule has 1 unspecified atom stereocenters. The molecule has 2 N–H and O–H groups in total. The molecule has 1 aromatic rings. The average molecular weight is 279 g/mol. The van der Waals surface area contributed by atoms with Gasteiger partial charge in [-0.05, 0) is 51.3 Å². The molecular formula is C16H25NO3. The lowest BCUT2D eigenvalue weighted by Crippen LogP contribution is -2.31. The van der Waals surface area contributed by atoms with E-state index in [1.807, 2.05) is 39.0 Å². The minimum Gasteiger partial charge on any atom is -0.496 e. The fourth-order valence-electron chi connectivity index (χ4n) is 2.21.